The summed E-state index contributed by atoms with van der Waals surface area (Å²) in [5.41, 5.74) is 3.90. The molecule has 0 amide bonds. The fourth-order valence-corrected chi connectivity index (χ4v) is 6.13. The van der Waals surface area contributed by atoms with Crippen molar-refractivity contribution in [1.82, 2.24) is 0 Å². The van der Waals surface area contributed by atoms with Crippen LogP contribution in [-0.2, 0) is 6.42 Å². The van der Waals surface area contributed by atoms with Crippen molar-refractivity contribution in [2.75, 3.05) is 18.6 Å². The third-order valence-corrected chi connectivity index (χ3v) is 7.61. The molecule has 4 rings (SSSR count). The minimum atomic E-state index is 0.666. The highest BCUT2D eigenvalue weighted by Gasteiger charge is 2.50. The lowest BCUT2D eigenvalue weighted by Crippen LogP contribution is -2.39. The van der Waals surface area contributed by atoms with Gasteiger partial charge in [-0.05, 0) is 91.2 Å². The normalized spacial score (nSPS) is 35.3. The van der Waals surface area contributed by atoms with Gasteiger partial charge in [0.15, 0.2) is 0 Å². The summed E-state index contributed by atoms with van der Waals surface area (Å²) in [5, 5.41) is 0. The molecule has 0 spiro atoms. The van der Waals surface area contributed by atoms with Gasteiger partial charge in [-0.25, -0.2) is 0 Å². The van der Waals surface area contributed by atoms with Gasteiger partial charge in [-0.3, -0.25) is 0 Å². The average Bonchev–Trinajstić information content (AvgIpc) is 2.96. The van der Waals surface area contributed by atoms with Gasteiger partial charge in [0.1, 0.15) is 5.75 Å². The molecule has 0 bridgehead atoms. The van der Waals surface area contributed by atoms with Gasteiger partial charge in [0.05, 0.1) is 6.61 Å². The van der Waals surface area contributed by atoms with Gasteiger partial charge in [0, 0.05) is 5.75 Å². The Morgan fingerprint density at radius 2 is 2.13 bits per heavy atom. The first-order valence-corrected chi connectivity index (χ1v) is 10.9. The van der Waals surface area contributed by atoms with Gasteiger partial charge in [0.25, 0.3) is 0 Å². The van der Waals surface area contributed by atoms with Crippen molar-refractivity contribution in [3.63, 3.8) is 0 Å². The van der Waals surface area contributed by atoms with Crippen molar-refractivity contribution in [1.29, 1.82) is 0 Å². The predicted octanol–water partition coefficient (Wildman–Crippen LogP) is 5.67. The molecule has 0 aromatic heterocycles. The van der Waals surface area contributed by atoms with Crippen LogP contribution in [0.4, 0.5) is 0 Å². The van der Waals surface area contributed by atoms with Crippen LogP contribution in [0.5, 0.6) is 5.75 Å². The Hall–Kier alpha value is -0.630. The van der Waals surface area contributed by atoms with E-state index in [1.165, 1.54) is 44.9 Å². The molecule has 4 atom stereocenters. The number of ether oxygens (including phenoxy) is 1. The summed E-state index contributed by atoms with van der Waals surface area (Å²) in [6, 6.07) is 6.97. The maximum absolute atomic E-state index is 5.91. The monoisotopic (exact) mass is 330 g/mol. The Morgan fingerprint density at radius 3 is 3.00 bits per heavy atom. The van der Waals surface area contributed by atoms with Crippen molar-refractivity contribution < 1.29 is 4.74 Å². The van der Waals surface area contributed by atoms with Crippen molar-refractivity contribution in [3.8, 4) is 5.75 Å². The number of hydrogen-bond donors (Lipinski definition) is 0. The largest absolute Gasteiger partial charge is 0.493 e. The maximum Gasteiger partial charge on any atom is 0.119 e. The SMILES string of the molecule is CSCCOc1ccc2c(c1)CC[C@@H]1[C@@H]2CC[C@]2(C)CCC[C@@H]12. The minimum absolute atomic E-state index is 0.666. The summed E-state index contributed by atoms with van der Waals surface area (Å²) < 4.78 is 5.91. The Balaban J connectivity index is 1.54. The molecule has 1 aromatic carbocycles. The van der Waals surface area contributed by atoms with Crippen LogP contribution in [0, 0.1) is 17.3 Å². The zero-order chi connectivity index (χ0) is 15.9. The molecule has 0 heterocycles. The molecular formula is C21H30OS. The smallest absolute Gasteiger partial charge is 0.119 e. The van der Waals surface area contributed by atoms with Crippen LogP contribution in [0.3, 0.4) is 0 Å². The highest BCUT2D eigenvalue weighted by atomic mass is 32.2. The summed E-state index contributed by atoms with van der Waals surface area (Å²) in [6.45, 7) is 3.41. The summed E-state index contributed by atoms with van der Waals surface area (Å²) >= 11 is 1.85. The molecule has 2 heteroatoms. The van der Waals surface area contributed by atoms with E-state index in [9.17, 15) is 0 Å². The third-order valence-electron chi connectivity index (χ3n) is 7.04. The zero-order valence-electron chi connectivity index (χ0n) is 14.6. The van der Waals surface area contributed by atoms with Gasteiger partial charge in [0.2, 0.25) is 0 Å². The van der Waals surface area contributed by atoms with E-state index < -0.39 is 0 Å². The minimum Gasteiger partial charge on any atom is -0.493 e. The molecule has 3 aliphatic carbocycles. The number of hydrogen-bond acceptors (Lipinski definition) is 2. The molecule has 0 radical (unpaired) electrons. The van der Waals surface area contributed by atoms with E-state index in [1.54, 1.807) is 11.1 Å². The van der Waals surface area contributed by atoms with Gasteiger partial charge >= 0.3 is 0 Å². The Morgan fingerprint density at radius 1 is 1.22 bits per heavy atom. The summed E-state index contributed by atoms with van der Waals surface area (Å²) in [6.07, 6.45) is 12.1. The molecule has 2 fully saturated rings. The van der Waals surface area contributed by atoms with Crippen LogP contribution in [0.25, 0.3) is 0 Å². The van der Waals surface area contributed by atoms with Crippen molar-refractivity contribution >= 4 is 11.8 Å². The van der Waals surface area contributed by atoms with E-state index in [0.717, 1.165) is 35.9 Å². The molecular weight excluding hydrogens is 300 g/mol. The number of rotatable bonds is 4. The van der Waals surface area contributed by atoms with Crippen LogP contribution in [-0.4, -0.2) is 18.6 Å². The fraction of sp³-hybridized carbons (Fsp3) is 0.714. The lowest BCUT2D eigenvalue weighted by atomic mass is 9.56. The van der Waals surface area contributed by atoms with E-state index in [4.69, 9.17) is 4.74 Å². The summed E-state index contributed by atoms with van der Waals surface area (Å²) in [4.78, 5) is 0. The second kappa shape index (κ2) is 6.35. The van der Waals surface area contributed by atoms with Gasteiger partial charge in [-0.15, -0.1) is 0 Å². The molecule has 1 nitrogen and oxygen atoms in total. The average molecular weight is 331 g/mol. The first kappa shape index (κ1) is 15.9. The van der Waals surface area contributed by atoms with E-state index >= 15 is 0 Å². The lowest BCUT2D eigenvalue weighted by molar-refractivity contribution is 0.0598. The van der Waals surface area contributed by atoms with Crippen molar-refractivity contribution in [3.05, 3.63) is 29.3 Å². The van der Waals surface area contributed by atoms with Gasteiger partial charge in [-0.1, -0.05) is 19.4 Å². The molecule has 126 valence electrons. The molecule has 0 aliphatic heterocycles. The molecule has 2 saturated carbocycles. The quantitative estimate of drug-likeness (QED) is 0.657. The molecule has 3 aliphatic rings. The second-order valence-electron chi connectivity index (χ2n) is 8.20. The number of benzene rings is 1. The maximum atomic E-state index is 5.91. The summed E-state index contributed by atoms with van der Waals surface area (Å²) in [7, 11) is 0. The molecule has 0 saturated heterocycles. The number of fused-ring (bicyclic) bond motifs is 5. The highest BCUT2D eigenvalue weighted by molar-refractivity contribution is 7.98. The van der Waals surface area contributed by atoms with E-state index in [-0.39, 0.29) is 0 Å². The van der Waals surface area contributed by atoms with Crippen molar-refractivity contribution in [2.45, 2.75) is 57.8 Å². The summed E-state index contributed by atoms with van der Waals surface area (Å²) in [5.74, 6) is 4.93. The molecule has 23 heavy (non-hydrogen) atoms. The second-order valence-corrected chi connectivity index (χ2v) is 9.19. The van der Waals surface area contributed by atoms with Gasteiger partial charge in [-0.2, -0.15) is 11.8 Å². The first-order valence-electron chi connectivity index (χ1n) is 9.46. The van der Waals surface area contributed by atoms with E-state index in [0.29, 0.717) is 5.41 Å². The van der Waals surface area contributed by atoms with Crippen LogP contribution in [0.1, 0.15) is 62.5 Å². The third kappa shape index (κ3) is 2.81. The highest BCUT2D eigenvalue weighted by Crippen LogP contribution is 2.60. The van der Waals surface area contributed by atoms with E-state index in [2.05, 4.69) is 31.4 Å². The van der Waals surface area contributed by atoms with Crippen LogP contribution in [0.2, 0.25) is 0 Å². The predicted molar refractivity (Wildman–Crippen MR) is 99.6 cm³/mol. The van der Waals surface area contributed by atoms with Crippen LogP contribution < -0.4 is 4.74 Å². The zero-order valence-corrected chi connectivity index (χ0v) is 15.5. The van der Waals surface area contributed by atoms with E-state index in [1.807, 2.05) is 11.8 Å². The Kier molecular flexibility index (Phi) is 4.38. The fourth-order valence-electron chi connectivity index (χ4n) is 5.88. The van der Waals surface area contributed by atoms with Crippen LogP contribution in [0.15, 0.2) is 18.2 Å². The topological polar surface area (TPSA) is 9.23 Å². The number of thioether (sulfide) groups is 1. The molecule has 0 unspecified atom stereocenters. The lowest BCUT2D eigenvalue weighted by Gasteiger charge is -2.49. The Labute approximate surface area is 145 Å². The first-order chi connectivity index (χ1) is 11.2. The van der Waals surface area contributed by atoms with Crippen LogP contribution >= 0.6 is 11.8 Å². The molecule has 1 aromatic rings. The standard InChI is InChI=1S/C21H30OS/c1-21-10-3-4-20(21)19-7-5-15-14-16(22-12-13-23-2)6-8-17(15)18(19)9-11-21/h6,8,14,18-20H,3-5,7,9-13H2,1-2H3/t18-,19-,20+,21+/m1/s1. The molecule has 0 N–H and O–H groups in total. The van der Waals surface area contributed by atoms with Crippen molar-refractivity contribution in [2.24, 2.45) is 17.3 Å². The van der Waals surface area contributed by atoms with Gasteiger partial charge < -0.3 is 4.74 Å². The Bertz CT molecular complexity index is 569. The number of aryl methyl sites for hydroxylation is 1.